The lowest BCUT2D eigenvalue weighted by atomic mass is 10.3. The summed E-state index contributed by atoms with van der Waals surface area (Å²) in [5.41, 5.74) is 0. The summed E-state index contributed by atoms with van der Waals surface area (Å²) in [5, 5.41) is 3.02. The van der Waals surface area contributed by atoms with E-state index in [1.54, 1.807) is 0 Å². The number of ether oxygens (including phenoxy) is 1. The van der Waals surface area contributed by atoms with Gasteiger partial charge in [0.05, 0.1) is 0 Å². The largest absolute Gasteiger partial charge is 0.492 e. The zero-order valence-corrected chi connectivity index (χ0v) is 8.60. The predicted molar refractivity (Wildman–Crippen MR) is 53.6 cm³/mol. The lowest BCUT2D eigenvalue weighted by molar-refractivity contribution is 0.318. The van der Waals surface area contributed by atoms with E-state index in [9.17, 15) is 0 Å². The van der Waals surface area contributed by atoms with Gasteiger partial charge in [-0.2, -0.15) is 0 Å². The number of nitrogens with one attached hydrogen (secondary N) is 1. The molecular formula is C9H12BrNO. The van der Waals surface area contributed by atoms with Crippen molar-refractivity contribution in [3.63, 3.8) is 0 Å². The van der Waals surface area contributed by atoms with Gasteiger partial charge in [0, 0.05) is 11.0 Å². The van der Waals surface area contributed by atoms with Crippen LogP contribution in [0.4, 0.5) is 0 Å². The quantitative estimate of drug-likeness (QED) is 0.799. The van der Waals surface area contributed by atoms with Crippen molar-refractivity contribution in [2.45, 2.75) is 0 Å². The zero-order valence-electron chi connectivity index (χ0n) is 7.01. The summed E-state index contributed by atoms with van der Waals surface area (Å²) in [5.74, 6) is 0.911. The maximum atomic E-state index is 5.42. The van der Waals surface area contributed by atoms with Gasteiger partial charge in [-0.3, -0.25) is 0 Å². The van der Waals surface area contributed by atoms with Crippen LogP contribution in [-0.2, 0) is 0 Å². The molecule has 66 valence electrons. The summed E-state index contributed by atoms with van der Waals surface area (Å²) in [7, 11) is 1.91. The summed E-state index contributed by atoms with van der Waals surface area (Å²) in [6, 6.07) is 7.82. The summed E-state index contributed by atoms with van der Waals surface area (Å²) in [4.78, 5) is 0. The smallest absolute Gasteiger partial charge is 0.119 e. The third-order valence-electron chi connectivity index (χ3n) is 1.43. The number of hydrogen-bond acceptors (Lipinski definition) is 2. The van der Waals surface area contributed by atoms with E-state index >= 15 is 0 Å². The van der Waals surface area contributed by atoms with Crippen molar-refractivity contribution in [3.8, 4) is 5.75 Å². The van der Waals surface area contributed by atoms with Crippen LogP contribution in [-0.4, -0.2) is 20.2 Å². The van der Waals surface area contributed by atoms with Crippen LogP contribution in [0.3, 0.4) is 0 Å². The minimum Gasteiger partial charge on any atom is -0.492 e. The highest BCUT2D eigenvalue weighted by molar-refractivity contribution is 9.10. The van der Waals surface area contributed by atoms with Crippen LogP contribution in [0.5, 0.6) is 5.75 Å². The molecule has 0 aromatic heterocycles. The summed E-state index contributed by atoms with van der Waals surface area (Å²) in [6.07, 6.45) is 0. The van der Waals surface area contributed by atoms with E-state index in [0.29, 0.717) is 6.61 Å². The van der Waals surface area contributed by atoms with E-state index in [1.165, 1.54) is 0 Å². The molecule has 0 fully saturated rings. The van der Waals surface area contributed by atoms with Crippen molar-refractivity contribution in [2.75, 3.05) is 20.2 Å². The molecule has 0 spiro atoms. The molecule has 1 aromatic carbocycles. The maximum Gasteiger partial charge on any atom is 0.119 e. The van der Waals surface area contributed by atoms with Crippen LogP contribution < -0.4 is 10.1 Å². The molecule has 0 saturated carbocycles. The molecule has 1 rings (SSSR count). The Kier molecular flexibility index (Phi) is 4.11. The molecule has 1 aromatic rings. The molecule has 0 aliphatic rings. The van der Waals surface area contributed by atoms with Crippen LogP contribution in [0, 0.1) is 0 Å². The molecule has 0 aliphatic heterocycles. The molecule has 0 atom stereocenters. The molecule has 0 saturated heterocycles. The highest BCUT2D eigenvalue weighted by Crippen LogP contribution is 2.15. The normalized spacial score (nSPS) is 9.83. The molecule has 0 unspecified atom stereocenters. The standard InChI is InChI=1S/C9H12BrNO/c1-11-6-7-12-9-4-2-8(10)3-5-9/h2-5,11H,6-7H2,1H3. The Balaban J connectivity index is 2.37. The van der Waals surface area contributed by atoms with Gasteiger partial charge in [-0.15, -0.1) is 0 Å². The average Bonchev–Trinajstić information content (AvgIpc) is 2.09. The Bertz CT molecular complexity index is 222. The first-order valence-electron chi connectivity index (χ1n) is 3.86. The van der Waals surface area contributed by atoms with Gasteiger partial charge in [0.2, 0.25) is 0 Å². The summed E-state index contributed by atoms with van der Waals surface area (Å²) in [6.45, 7) is 1.58. The Morgan fingerprint density at radius 1 is 1.33 bits per heavy atom. The molecule has 12 heavy (non-hydrogen) atoms. The van der Waals surface area contributed by atoms with E-state index in [-0.39, 0.29) is 0 Å². The van der Waals surface area contributed by atoms with Crippen molar-refractivity contribution < 1.29 is 4.74 Å². The SMILES string of the molecule is CNCCOc1ccc(Br)cc1. The Morgan fingerprint density at radius 3 is 2.58 bits per heavy atom. The average molecular weight is 230 g/mol. The van der Waals surface area contributed by atoms with Crippen molar-refractivity contribution in [3.05, 3.63) is 28.7 Å². The molecule has 0 amide bonds. The topological polar surface area (TPSA) is 21.3 Å². The van der Waals surface area contributed by atoms with Crippen molar-refractivity contribution in [1.82, 2.24) is 5.32 Å². The molecule has 1 N–H and O–H groups in total. The Hall–Kier alpha value is -0.540. The lowest BCUT2D eigenvalue weighted by Gasteiger charge is -2.04. The van der Waals surface area contributed by atoms with Crippen LogP contribution >= 0.6 is 15.9 Å². The van der Waals surface area contributed by atoms with E-state index < -0.39 is 0 Å². The van der Waals surface area contributed by atoms with Gasteiger partial charge in [0.25, 0.3) is 0 Å². The van der Waals surface area contributed by atoms with Crippen LogP contribution in [0.15, 0.2) is 28.7 Å². The van der Waals surface area contributed by atoms with Crippen molar-refractivity contribution in [1.29, 1.82) is 0 Å². The van der Waals surface area contributed by atoms with Gasteiger partial charge in [-0.05, 0) is 31.3 Å². The van der Waals surface area contributed by atoms with E-state index in [1.807, 2.05) is 31.3 Å². The van der Waals surface area contributed by atoms with Gasteiger partial charge in [-0.1, -0.05) is 15.9 Å². The molecular weight excluding hydrogens is 218 g/mol. The second-order valence-electron chi connectivity index (χ2n) is 2.41. The fourth-order valence-corrected chi connectivity index (χ4v) is 1.07. The van der Waals surface area contributed by atoms with Crippen molar-refractivity contribution >= 4 is 15.9 Å². The summed E-state index contributed by atoms with van der Waals surface area (Å²) < 4.78 is 6.49. The molecule has 0 aliphatic carbocycles. The van der Waals surface area contributed by atoms with E-state index in [0.717, 1.165) is 16.8 Å². The van der Waals surface area contributed by atoms with Crippen LogP contribution in [0.1, 0.15) is 0 Å². The number of rotatable bonds is 4. The first kappa shape index (κ1) is 9.55. The maximum absolute atomic E-state index is 5.42. The highest BCUT2D eigenvalue weighted by Gasteiger charge is 1.91. The number of likely N-dealkylation sites (N-methyl/N-ethyl adjacent to an activating group) is 1. The lowest BCUT2D eigenvalue weighted by Crippen LogP contribution is -2.15. The second-order valence-corrected chi connectivity index (χ2v) is 3.32. The van der Waals surface area contributed by atoms with E-state index in [2.05, 4.69) is 21.2 Å². The predicted octanol–water partition coefficient (Wildman–Crippen LogP) is 2.05. The first-order chi connectivity index (χ1) is 5.83. The zero-order chi connectivity index (χ0) is 8.81. The minimum absolute atomic E-state index is 0.706. The fourth-order valence-electron chi connectivity index (χ4n) is 0.802. The van der Waals surface area contributed by atoms with Crippen LogP contribution in [0.2, 0.25) is 0 Å². The second kappa shape index (κ2) is 5.17. The van der Waals surface area contributed by atoms with Gasteiger partial charge < -0.3 is 10.1 Å². The number of hydrogen-bond donors (Lipinski definition) is 1. The monoisotopic (exact) mass is 229 g/mol. The highest BCUT2D eigenvalue weighted by atomic mass is 79.9. The fraction of sp³-hybridized carbons (Fsp3) is 0.333. The van der Waals surface area contributed by atoms with E-state index in [4.69, 9.17) is 4.74 Å². The molecule has 0 heterocycles. The third kappa shape index (κ3) is 3.24. The molecule has 0 bridgehead atoms. The summed E-state index contributed by atoms with van der Waals surface area (Å²) >= 11 is 3.36. The Morgan fingerprint density at radius 2 is 2.00 bits per heavy atom. The number of halogens is 1. The Labute approximate surface area is 81.1 Å². The van der Waals surface area contributed by atoms with Crippen molar-refractivity contribution in [2.24, 2.45) is 0 Å². The van der Waals surface area contributed by atoms with Gasteiger partial charge in [0.1, 0.15) is 12.4 Å². The van der Waals surface area contributed by atoms with Gasteiger partial charge in [-0.25, -0.2) is 0 Å². The molecule has 2 nitrogen and oxygen atoms in total. The number of benzene rings is 1. The third-order valence-corrected chi connectivity index (χ3v) is 1.96. The van der Waals surface area contributed by atoms with Crippen LogP contribution in [0.25, 0.3) is 0 Å². The van der Waals surface area contributed by atoms with Gasteiger partial charge in [0.15, 0.2) is 0 Å². The molecule has 0 radical (unpaired) electrons. The van der Waals surface area contributed by atoms with Gasteiger partial charge >= 0.3 is 0 Å². The minimum atomic E-state index is 0.706. The molecule has 3 heteroatoms. The first-order valence-corrected chi connectivity index (χ1v) is 4.65.